The summed E-state index contributed by atoms with van der Waals surface area (Å²) in [6, 6.07) is 19.5. The number of hydrogen-bond donors (Lipinski definition) is 2. The molecular formula is C36H38N8O9. The van der Waals surface area contributed by atoms with Gasteiger partial charge in [-0.25, -0.2) is 9.36 Å². The first-order valence-electron chi connectivity index (χ1n) is 16.8. The van der Waals surface area contributed by atoms with Crippen molar-refractivity contribution in [3.8, 4) is 17.2 Å². The van der Waals surface area contributed by atoms with Gasteiger partial charge in [-0.1, -0.05) is 42.0 Å². The number of tetrazole rings is 2. The summed E-state index contributed by atoms with van der Waals surface area (Å²) in [7, 11) is 0. The normalized spacial score (nSPS) is 12.4. The van der Waals surface area contributed by atoms with Gasteiger partial charge in [-0.15, -0.1) is 10.2 Å². The van der Waals surface area contributed by atoms with Crippen molar-refractivity contribution in [3.63, 3.8) is 0 Å². The van der Waals surface area contributed by atoms with Crippen LogP contribution < -0.4 is 14.2 Å². The lowest BCUT2D eigenvalue weighted by Crippen LogP contribution is -2.26. The van der Waals surface area contributed by atoms with Gasteiger partial charge in [0, 0.05) is 17.5 Å². The molecule has 6 rings (SSSR count). The number of fused-ring (bicyclic) bond motifs is 2. The molecule has 0 aliphatic carbocycles. The number of esters is 2. The number of nitrogens with zero attached hydrogens (tertiary/aromatic N) is 8. The Morgan fingerprint density at radius 3 is 1.77 bits per heavy atom. The number of hydrogen-bond acceptors (Lipinski definition) is 15. The lowest BCUT2D eigenvalue weighted by Gasteiger charge is -2.20. The van der Waals surface area contributed by atoms with Gasteiger partial charge in [-0.05, 0) is 80.5 Å². The molecule has 0 aliphatic rings. The van der Waals surface area contributed by atoms with Crippen molar-refractivity contribution in [2.45, 2.75) is 45.6 Å². The molecule has 6 aromatic rings. The van der Waals surface area contributed by atoms with Crippen LogP contribution in [0.25, 0.3) is 21.5 Å². The average molecular weight is 727 g/mol. The van der Waals surface area contributed by atoms with Crippen LogP contribution in [0.5, 0.6) is 17.2 Å². The van der Waals surface area contributed by atoms with Crippen molar-refractivity contribution >= 4 is 33.5 Å². The van der Waals surface area contributed by atoms with Gasteiger partial charge >= 0.3 is 11.9 Å². The molecule has 0 fully saturated rings. The average Bonchev–Trinajstić information content (AvgIpc) is 3.87. The van der Waals surface area contributed by atoms with Crippen molar-refractivity contribution in [2.75, 3.05) is 33.0 Å². The van der Waals surface area contributed by atoms with Crippen LogP contribution in [0, 0.1) is 6.92 Å². The molecule has 2 aromatic heterocycles. The molecule has 17 nitrogen and oxygen atoms in total. The third kappa shape index (κ3) is 9.78. The van der Waals surface area contributed by atoms with Crippen LogP contribution >= 0.6 is 0 Å². The first-order valence-corrected chi connectivity index (χ1v) is 16.8. The lowest BCUT2D eigenvalue weighted by molar-refractivity contribution is -0.148. The zero-order valence-electron chi connectivity index (χ0n) is 29.1. The van der Waals surface area contributed by atoms with E-state index in [2.05, 4.69) is 37.1 Å². The van der Waals surface area contributed by atoms with Gasteiger partial charge in [-0.3, -0.25) is 9.59 Å². The molecule has 53 heavy (non-hydrogen) atoms. The molecule has 2 unspecified atom stereocenters. The third-order valence-electron chi connectivity index (χ3n) is 8.07. The molecule has 0 radical (unpaired) electrons. The standard InChI is InChI=1S/C36H38N8O9/c1-3-49-33-10-7-25-6-9-28(50-17-26(45)19-52-35(47)15-43-21-37-39-41-43)13-30(25)32(33)14-31-29-12-23(2)4-5-24(29)8-11-34(31)51-18-27(46)20-53-36(48)16-44-22-38-40-42-44/h4-13,21-22,26-27,45-46H,3,14-20H2,1-2H3. The molecule has 17 heteroatoms. The van der Waals surface area contributed by atoms with E-state index in [9.17, 15) is 19.8 Å². The lowest BCUT2D eigenvalue weighted by atomic mass is 9.92. The number of rotatable bonds is 18. The fourth-order valence-corrected chi connectivity index (χ4v) is 5.59. The van der Waals surface area contributed by atoms with Crippen molar-refractivity contribution in [3.05, 3.63) is 90.0 Å². The maximum absolute atomic E-state index is 12.2. The molecule has 2 N–H and O–H groups in total. The molecule has 276 valence electrons. The summed E-state index contributed by atoms with van der Waals surface area (Å²) in [5, 5.41) is 46.1. The van der Waals surface area contributed by atoms with Crippen molar-refractivity contribution < 1.29 is 43.5 Å². The van der Waals surface area contributed by atoms with Crippen LogP contribution in [0.1, 0.15) is 23.6 Å². The summed E-state index contributed by atoms with van der Waals surface area (Å²) in [5.74, 6) is 0.520. The van der Waals surface area contributed by atoms with E-state index in [1.165, 1.54) is 22.0 Å². The Morgan fingerprint density at radius 1 is 0.679 bits per heavy atom. The summed E-state index contributed by atoms with van der Waals surface area (Å²) >= 11 is 0. The molecule has 4 aromatic carbocycles. The van der Waals surface area contributed by atoms with Crippen molar-refractivity contribution in [1.82, 2.24) is 40.4 Å². The van der Waals surface area contributed by atoms with Crippen molar-refractivity contribution in [2.24, 2.45) is 0 Å². The highest BCUT2D eigenvalue weighted by Gasteiger charge is 2.19. The maximum Gasteiger partial charge on any atom is 0.327 e. The number of aliphatic hydroxyl groups is 2. The van der Waals surface area contributed by atoms with E-state index in [1.54, 1.807) is 6.07 Å². The predicted molar refractivity (Wildman–Crippen MR) is 187 cm³/mol. The van der Waals surface area contributed by atoms with Crippen LogP contribution in [0.15, 0.2) is 73.3 Å². The Morgan fingerprint density at radius 2 is 1.21 bits per heavy atom. The second-order valence-corrected chi connectivity index (χ2v) is 12.1. The number of carbonyl (C=O) groups excluding carboxylic acids is 2. The smallest absolute Gasteiger partial charge is 0.327 e. The second kappa shape index (κ2) is 17.3. The van der Waals surface area contributed by atoms with Gasteiger partial charge in [0.2, 0.25) is 0 Å². The Labute approximate surface area is 303 Å². The highest BCUT2D eigenvalue weighted by molar-refractivity contribution is 5.92. The zero-order valence-corrected chi connectivity index (χ0v) is 29.1. The van der Waals surface area contributed by atoms with Gasteiger partial charge in [-0.2, -0.15) is 0 Å². The number of aryl methyl sites for hydroxylation is 1. The summed E-state index contributed by atoms with van der Waals surface area (Å²) in [4.78, 5) is 24.2. The van der Waals surface area contributed by atoms with Gasteiger partial charge in [0.15, 0.2) is 0 Å². The Balaban J connectivity index is 1.20. The van der Waals surface area contributed by atoms with Crippen LogP contribution in [-0.2, 0) is 38.6 Å². The molecule has 0 saturated heterocycles. The summed E-state index contributed by atoms with van der Waals surface area (Å²) in [5.41, 5.74) is 2.80. The number of aromatic nitrogens is 8. The molecule has 0 aliphatic heterocycles. The fraction of sp³-hybridized carbons (Fsp3) is 0.333. The molecule has 0 spiro atoms. The summed E-state index contributed by atoms with van der Waals surface area (Å²) < 4.78 is 31.1. The van der Waals surface area contributed by atoms with E-state index in [4.69, 9.17) is 23.7 Å². The first-order chi connectivity index (χ1) is 25.7. The highest BCUT2D eigenvalue weighted by atomic mass is 16.6. The Kier molecular flexibility index (Phi) is 12.0. The quantitative estimate of drug-likeness (QED) is 0.122. The second-order valence-electron chi connectivity index (χ2n) is 12.1. The number of carbonyl (C=O) groups is 2. The molecule has 0 bridgehead atoms. The van der Waals surface area contributed by atoms with Crippen LogP contribution in [0.3, 0.4) is 0 Å². The van der Waals surface area contributed by atoms with E-state index >= 15 is 0 Å². The van der Waals surface area contributed by atoms with Gasteiger partial charge in [0.05, 0.1) is 6.61 Å². The van der Waals surface area contributed by atoms with E-state index in [0.29, 0.717) is 30.3 Å². The molecule has 2 heterocycles. The number of aliphatic hydroxyl groups excluding tert-OH is 2. The SMILES string of the molecule is CCOc1ccc2ccc(OCC(O)COC(=O)Cn3cnnn3)cc2c1Cc1c(OCC(O)COC(=O)Cn2cnnn2)ccc2ccc(C)cc12. The minimum Gasteiger partial charge on any atom is -0.494 e. The minimum absolute atomic E-state index is 0.125. The van der Waals surface area contributed by atoms with E-state index in [1.807, 2.05) is 62.4 Å². The third-order valence-corrected chi connectivity index (χ3v) is 8.07. The van der Waals surface area contributed by atoms with E-state index < -0.39 is 24.1 Å². The summed E-state index contributed by atoms with van der Waals surface area (Å²) in [6.45, 7) is 3.19. The molecular weight excluding hydrogens is 688 g/mol. The van der Waals surface area contributed by atoms with Gasteiger partial charge in [0.1, 0.15) is 81.6 Å². The Hall–Kier alpha value is -6.20. The first kappa shape index (κ1) is 36.6. The van der Waals surface area contributed by atoms with E-state index in [-0.39, 0.29) is 39.5 Å². The molecule has 2 atom stereocenters. The van der Waals surface area contributed by atoms with E-state index in [0.717, 1.165) is 38.2 Å². The zero-order chi connectivity index (χ0) is 37.2. The number of benzene rings is 4. The maximum atomic E-state index is 12.2. The van der Waals surface area contributed by atoms with Crippen LogP contribution in [-0.4, -0.2) is 108 Å². The number of ether oxygens (including phenoxy) is 5. The highest BCUT2D eigenvalue weighted by Crippen LogP contribution is 2.37. The van der Waals surface area contributed by atoms with Crippen LogP contribution in [0.2, 0.25) is 0 Å². The van der Waals surface area contributed by atoms with Crippen molar-refractivity contribution in [1.29, 1.82) is 0 Å². The molecule has 0 amide bonds. The minimum atomic E-state index is -1.10. The monoisotopic (exact) mass is 726 g/mol. The summed E-state index contributed by atoms with van der Waals surface area (Å²) in [6.07, 6.45) is 0.787. The van der Waals surface area contributed by atoms with Gasteiger partial charge < -0.3 is 33.9 Å². The molecule has 0 saturated carbocycles. The fourth-order valence-electron chi connectivity index (χ4n) is 5.59. The largest absolute Gasteiger partial charge is 0.494 e. The Bertz CT molecular complexity index is 2140. The topological polar surface area (TPSA) is 208 Å². The van der Waals surface area contributed by atoms with Crippen LogP contribution in [0.4, 0.5) is 0 Å². The predicted octanol–water partition coefficient (Wildman–Crippen LogP) is 2.23. The van der Waals surface area contributed by atoms with Gasteiger partial charge in [0.25, 0.3) is 0 Å².